The highest BCUT2D eigenvalue weighted by Crippen LogP contribution is 2.27. The standard InChI is InChI=1S/C18H30N4O5S/c1-25-16-7-6-14(11-17(16)26-2)12-21-18(19)20-8-10-28(23,24)22-13-15-5-3-4-9-27-15/h6-7,11,15,22H,3-5,8-10,12-13H2,1-2H3,(H3,19,20,21). The summed E-state index contributed by atoms with van der Waals surface area (Å²) in [7, 11) is -0.257. The minimum absolute atomic E-state index is 0.0374. The van der Waals surface area contributed by atoms with Crippen molar-refractivity contribution in [2.24, 2.45) is 10.7 Å². The topological polar surface area (TPSA) is 124 Å². The largest absolute Gasteiger partial charge is 0.493 e. The Bertz CT molecular complexity index is 748. The van der Waals surface area contributed by atoms with Gasteiger partial charge in [-0.15, -0.1) is 0 Å². The van der Waals surface area contributed by atoms with E-state index in [2.05, 4.69) is 15.0 Å². The van der Waals surface area contributed by atoms with Crippen LogP contribution in [0.4, 0.5) is 0 Å². The summed E-state index contributed by atoms with van der Waals surface area (Å²) in [4.78, 5) is 4.22. The van der Waals surface area contributed by atoms with E-state index in [1.807, 2.05) is 12.1 Å². The van der Waals surface area contributed by atoms with Gasteiger partial charge in [-0.05, 0) is 37.0 Å². The predicted molar refractivity (Wildman–Crippen MR) is 108 cm³/mol. The Morgan fingerprint density at radius 3 is 2.75 bits per heavy atom. The summed E-state index contributed by atoms with van der Waals surface area (Å²) in [5.41, 5.74) is 6.71. The van der Waals surface area contributed by atoms with Crippen molar-refractivity contribution in [1.82, 2.24) is 10.0 Å². The highest BCUT2D eigenvalue weighted by molar-refractivity contribution is 7.89. The van der Waals surface area contributed by atoms with Gasteiger partial charge in [0.25, 0.3) is 0 Å². The molecule has 1 fully saturated rings. The summed E-state index contributed by atoms with van der Waals surface area (Å²) in [5.74, 6) is 1.34. The number of nitrogens with zero attached hydrogens (tertiary/aromatic N) is 1. The molecular formula is C18H30N4O5S. The molecule has 1 aliphatic heterocycles. The highest BCUT2D eigenvalue weighted by atomic mass is 32.2. The van der Waals surface area contributed by atoms with Crippen molar-refractivity contribution >= 4 is 16.0 Å². The van der Waals surface area contributed by atoms with Crippen molar-refractivity contribution in [3.8, 4) is 11.5 Å². The van der Waals surface area contributed by atoms with E-state index in [1.165, 1.54) is 0 Å². The Hall–Kier alpha value is -2.04. The zero-order chi connectivity index (χ0) is 20.4. The fourth-order valence-electron chi connectivity index (χ4n) is 2.79. The maximum Gasteiger partial charge on any atom is 0.213 e. The molecule has 0 radical (unpaired) electrons. The van der Waals surface area contributed by atoms with E-state index < -0.39 is 10.0 Å². The van der Waals surface area contributed by atoms with Gasteiger partial charge in [-0.25, -0.2) is 18.1 Å². The van der Waals surface area contributed by atoms with E-state index in [9.17, 15) is 8.42 Å². The van der Waals surface area contributed by atoms with Gasteiger partial charge in [0, 0.05) is 19.7 Å². The summed E-state index contributed by atoms with van der Waals surface area (Å²) in [6.07, 6.45) is 2.96. The molecule has 2 rings (SSSR count). The molecule has 1 unspecified atom stereocenters. The van der Waals surface area contributed by atoms with Crippen LogP contribution in [-0.4, -0.2) is 60.2 Å². The van der Waals surface area contributed by atoms with Gasteiger partial charge in [-0.2, -0.15) is 0 Å². The lowest BCUT2D eigenvalue weighted by Gasteiger charge is -2.22. The first kappa shape index (κ1) is 22.3. The minimum atomic E-state index is -3.39. The normalized spacial score (nSPS) is 17.9. The van der Waals surface area contributed by atoms with E-state index in [0.29, 0.717) is 31.2 Å². The third-order valence-electron chi connectivity index (χ3n) is 4.36. The third kappa shape index (κ3) is 7.53. The van der Waals surface area contributed by atoms with E-state index >= 15 is 0 Å². The van der Waals surface area contributed by atoms with E-state index in [1.54, 1.807) is 20.3 Å². The zero-order valence-electron chi connectivity index (χ0n) is 16.4. The lowest BCUT2D eigenvalue weighted by atomic mass is 10.1. The van der Waals surface area contributed by atoms with Gasteiger partial charge in [-0.3, -0.25) is 0 Å². The van der Waals surface area contributed by atoms with Crippen molar-refractivity contribution in [3.63, 3.8) is 0 Å². The molecule has 0 saturated carbocycles. The second-order valence-corrected chi connectivity index (χ2v) is 8.40. The van der Waals surface area contributed by atoms with Crippen LogP contribution >= 0.6 is 0 Å². The molecular weight excluding hydrogens is 384 g/mol. The molecule has 0 amide bonds. The average molecular weight is 415 g/mol. The van der Waals surface area contributed by atoms with Crippen LogP contribution in [0.3, 0.4) is 0 Å². The molecule has 0 bridgehead atoms. The molecule has 28 heavy (non-hydrogen) atoms. The second kappa shape index (κ2) is 11.1. The highest BCUT2D eigenvalue weighted by Gasteiger charge is 2.17. The molecule has 0 aromatic heterocycles. The van der Waals surface area contributed by atoms with Crippen LogP contribution in [0.2, 0.25) is 0 Å². The molecule has 1 atom stereocenters. The maximum absolute atomic E-state index is 12.1. The number of hydrogen-bond donors (Lipinski definition) is 3. The van der Waals surface area contributed by atoms with Crippen molar-refractivity contribution in [1.29, 1.82) is 0 Å². The minimum Gasteiger partial charge on any atom is -0.493 e. The molecule has 1 aromatic rings. The smallest absolute Gasteiger partial charge is 0.213 e. The van der Waals surface area contributed by atoms with Crippen LogP contribution in [0.25, 0.3) is 0 Å². The average Bonchev–Trinajstić information content (AvgIpc) is 2.71. The number of aliphatic imine (C=N–C) groups is 1. The van der Waals surface area contributed by atoms with Gasteiger partial charge in [-0.1, -0.05) is 6.07 Å². The number of methoxy groups -OCH3 is 2. The molecule has 9 nitrogen and oxygen atoms in total. The van der Waals surface area contributed by atoms with Crippen LogP contribution < -0.4 is 25.2 Å². The monoisotopic (exact) mass is 414 g/mol. The molecule has 10 heteroatoms. The Labute approximate surface area is 166 Å². The SMILES string of the molecule is COc1ccc(CN=C(N)NCCS(=O)(=O)NCC2CCCCO2)cc1OC. The summed E-state index contributed by atoms with van der Waals surface area (Å²) < 4.78 is 42.7. The van der Waals surface area contributed by atoms with Gasteiger partial charge in [0.15, 0.2) is 17.5 Å². The quantitative estimate of drug-likeness (QED) is 0.378. The van der Waals surface area contributed by atoms with Gasteiger partial charge >= 0.3 is 0 Å². The first-order valence-corrected chi connectivity index (χ1v) is 10.9. The first-order chi connectivity index (χ1) is 13.4. The molecule has 0 aliphatic carbocycles. The summed E-state index contributed by atoms with van der Waals surface area (Å²) >= 11 is 0. The molecule has 1 heterocycles. The predicted octanol–water partition coefficient (Wildman–Crippen LogP) is 0.597. The number of rotatable bonds is 10. The summed E-state index contributed by atoms with van der Waals surface area (Å²) in [5, 5.41) is 2.82. The summed E-state index contributed by atoms with van der Waals surface area (Å²) in [6, 6.07) is 5.47. The number of ether oxygens (including phenoxy) is 3. The molecule has 4 N–H and O–H groups in total. The Morgan fingerprint density at radius 1 is 1.29 bits per heavy atom. The molecule has 1 aromatic carbocycles. The molecule has 1 aliphatic rings. The number of nitrogens with two attached hydrogens (primary N) is 1. The van der Waals surface area contributed by atoms with Gasteiger partial charge in [0.1, 0.15) is 0 Å². The zero-order valence-corrected chi connectivity index (χ0v) is 17.3. The fraction of sp³-hybridized carbons (Fsp3) is 0.611. The number of sulfonamides is 1. The maximum atomic E-state index is 12.1. The Morgan fingerprint density at radius 2 is 2.07 bits per heavy atom. The first-order valence-electron chi connectivity index (χ1n) is 9.27. The van der Waals surface area contributed by atoms with E-state index in [4.69, 9.17) is 19.9 Å². The van der Waals surface area contributed by atoms with Gasteiger partial charge in [0.2, 0.25) is 10.0 Å². The van der Waals surface area contributed by atoms with Gasteiger partial charge in [0.05, 0.1) is 32.6 Å². The lowest BCUT2D eigenvalue weighted by Crippen LogP contribution is -2.40. The van der Waals surface area contributed by atoms with E-state index in [0.717, 1.165) is 24.8 Å². The van der Waals surface area contributed by atoms with Crippen molar-refractivity contribution in [3.05, 3.63) is 23.8 Å². The number of guanidine groups is 1. The Balaban J connectivity index is 1.74. The van der Waals surface area contributed by atoms with Crippen LogP contribution in [0.15, 0.2) is 23.2 Å². The Kier molecular flexibility index (Phi) is 8.81. The van der Waals surface area contributed by atoms with Crippen molar-refractivity contribution in [2.75, 3.05) is 39.7 Å². The third-order valence-corrected chi connectivity index (χ3v) is 5.71. The van der Waals surface area contributed by atoms with Crippen LogP contribution in [0, 0.1) is 0 Å². The summed E-state index contributed by atoms with van der Waals surface area (Å²) in [6.45, 7) is 1.51. The van der Waals surface area contributed by atoms with Crippen LogP contribution in [0.5, 0.6) is 11.5 Å². The van der Waals surface area contributed by atoms with E-state index in [-0.39, 0.29) is 24.4 Å². The van der Waals surface area contributed by atoms with Crippen molar-refractivity contribution < 1.29 is 22.6 Å². The van der Waals surface area contributed by atoms with Crippen molar-refractivity contribution in [2.45, 2.75) is 31.9 Å². The molecule has 1 saturated heterocycles. The van der Waals surface area contributed by atoms with Crippen LogP contribution in [0.1, 0.15) is 24.8 Å². The van der Waals surface area contributed by atoms with Crippen LogP contribution in [-0.2, 0) is 21.3 Å². The number of benzene rings is 1. The lowest BCUT2D eigenvalue weighted by molar-refractivity contribution is 0.0200. The molecule has 158 valence electrons. The second-order valence-electron chi connectivity index (χ2n) is 6.47. The number of nitrogens with one attached hydrogen (secondary N) is 2. The number of hydrogen-bond acceptors (Lipinski definition) is 6. The molecule has 0 spiro atoms. The van der Waals surface area contributed by atoms with Gasteiger partial charge < -0.3 is 25.3 Å². The fourth-order valence-corrected chi connectivity index (χ4v) is 3.74.